The molecule has 1 N–H and O–H groups in total. The molecular weight excluding hydrogens is 388 g/mol. The molecule has 5 rings (SSSR count). The van der Waals surface area contributed by atoms with Gasteiger partial charge in [-0.2, -0.15) is 0 Å². The van der Waals surface area contributed by atoms with Crippen LogP contribution >= 0.6 is 0 Å². The Balaban J connectivity index is 1.36. The van der Waals surface area contributed by atoms with Crippen molar-refractivity contribution in [3.8, 4) is 22.7 Å². The number of hydrogen-bond donors (Lipinski definition) is 1. The molecule has 0 aliphatic carbocycles. The molecule has 0 saturated carbocycles. The zero-order valence-corrected chi connectivity index (χ0v) is 18.4. The predicted octanol–water partition coefficient (Wildman–Crippen LogP) is 3.65. The summed E-state index contributed by atoms with van der Waals surface area (Å²) in [6.45, 7) is 4.61. The molecule has 1 unspecified atom stereocenters. The first-order valence-electron chi connectivity index (χ1n) is 10.6. The number of imidazole rings is 1. The van der Waals surface area contributed by atoms with Crippen LogP contribution in [0.5, 0.6) is 5.75 Å². The fourth-order valence-electron chi connectivity index (χ4n) is 5.03. The van der Waals surface area contributed by atoms with E-state index in [9.17, 15) is 5.11 Å². The van der Waals surface area contributed by atoms with Gasteiger partial charge in [0.2, 0.25) is 0 Å². The average Bonchev–Trinajstić information content (AvgIpc) is 3.34. The molecule has 3 atom stereocenters. The van der Waals surface area contributed by atoms with Crippen LogP contribution in [-0.2, 0) is 0 Å². The van der Waals surface area contributed by atoms with Crippen LogP contribution in [0.2, 0.25) is 0 Å². The van der Waals surface area contributed by atoms with Gasteiger partial charge < -0.3 is 14.6 Å². The predicted molar refractivity (Wildman–Crippen MR) is 121 cm³/mol. The number of nitrogens with zero attached hydrogens (tertiary/aromatic N) is 6. The summed E-state index contributed by atoms with van der Waals surface area (Å²) in [6.07, 6.45) is 12.0. The van der Waals surface area contributed by atoms with Crippen molar-refractivity contribution in [3.63, 3.8) is 0 Å². The number of benzene rings is 1. The zero-order chi connectivity index (χ0) is 21.8. The number of fused-ring (bicyclic) bond motifs is 2. The third kappa shape index (κ3) is 3.20. The van der Waals surface area contributed by atoms with Gasteiger partial charge in [-0.15, -0.1) is 10.2 Å². The monoisotopic (exact) mass is 416 g/mol. The first kappa shape index (κ1) is 19.8. The summed E-state index contributed by atoms with van der Waals surface area (Å²) in [5, 5.41) is 19.5. The normalized spacial score (nSPS) is 27.5. The number of aromatic hydroxyl groups is 1. The fraction of sp³-hybridized carbons (Fsp3) is 0.375. The van der Waals surface area contributed by atoms with E-state index >= 15 is 0 Å². The van der Waals surface area contributed by atoms with Crippen molar-refractivity contribution < 1.29 is 5.11 Å². The Morgan fingerprint density at radius 3 is 2.39 bits per heavy atom. The molecule has 1 saturated heterocycles. The molecular formula is C24H28N6O. The molecule has 7 nitrogen and oxygen atoms in total. The maximum Gasteiger partial charge on any atom is 0.151 e. The minimum atomic E-state index is 0.0715. The summed E-state index contributed by atoms with van der Waals surface area (Å²) in [5.41, 5.74) is 2.29. The van der Waals surface area contributed by atoms with E-state index in [4.69, 9.17) is 0 Å². The van der Waals surface area contributed by atoms with Crippen molar-refractivity contribution in [3.05, 3.63) is 61.2 Å². The number of phenolic OH excluding ortho intramolecular Hbond substituents is 1. The number of anilines is 1. The van der Waals surface area contributed by atoms with Gasteiger partial charge in [-0.1, -0.05) is 12.2 Å². The average molecular weight is 417 g/mol. The second-order valence-electron chi connectivity index (χ2n) is 9.23. The van der Waals surface area contributed by atoms with Gasteiger partial charge in [0, 0.05) is 48.2 Å². The summed E-state index contributed by atoms with van der Waals surface area (Å²) in [5.74, 6) is 1.01. The Bertz CT molecular complexity index is 1100. The molecule has 2 aromatic heterocycles. The molecule has 3 aromatic rings. The summed E-state index contributed by atoms with van der Waals surface area (Å²) >= 11 is 0. The van der Waals surface area contributed by atoms with E-state index in [-0.39, 0.29) is 16.8 Å². The summed E-state index contributed by atoms with van der Waals surface area (Å²) in [7, 11) is 4.32. The summed E-state index contributed by atoms with van der Waals surface area (Å²) in [6, 6.07) is 9.80. The maximum absolute atomic E-state index is 10.5. The lowest BCUT2D eigenvalue weighted by molar-refractivity contribution is 0.0440. The highest BCUT2D eigenvalue weighted by Crippen LogP contribution is 2.46. The molecule has 160 valence electrons. The number of likely N-dealkylation sites (N-methyl/N-ethyl adjacent to an activating group) is 1. The van der Waals surface area contributed by atoms with Crippen LogP contribution in [0, 0.1) is 0 Å². The second-order valence-corrected chi connectivity index (χ2v) is 9.23. The van der Waals surface area contributed by atoms with Gasteiger partial charge in [0.05, 0.1) is 17.7 Å². The second kappa shape index (κ2) is 6.92. The topological polar surface area (TPSA) is 70.3 Å². The van der Waals surface area contributed by atoms with Crippen molar-refractivity contribution in [2.75, 3.05) is 19.0 Å². The number of phenols is 1. The minimum absolute atomic E-state index is 0.0715. The number of hydrogen-bond acceptors (Lipinski definition) is 6. The molecule has 31 heavy (non-hydrogen) atoms. The van der Waals surface area contributed by atoms with Gasteiger partial charge in [-0.05, 0) is 58.0 Å². The van der Waals surface area contributed by atoms with E-state index in [1.165, 1.54) is 0 Å². The third-order valence-electron chi connectivity index (χ3n) is 7.25. The Hall–Kier alpha value is -3.19. The van der Waals surface area contributed by atoms with E-state index in [1.54, 1.807) is 18.6 Å². The van der Waals surface area contributed by atoms with Crippen LogP contribution in [0.15, 0.2) is 61.2 Å². The lowest BCUT2D eigenvalue weighted by Gasteiger charge is -2.51. The van der Waals surface area contributed by atoms with Crippen molar-refractivity contribution in [2.45, 2.75) is 43.8 Å². The van der Waals surface area contributed by atoms with Crippen LogP contribution in [0.4, 0.5) is 5.82 Å². The highest BCUT2D eigenvalue weighted by Gasteiger charge is 2.50. The van der Waals surface area contributed by atoms with E-state index in [1.807, 2.05) is 35.0 Å². The van der Waals surface area contributed by atoms with Crippen molar-refractivity contribution in [1.82, 2.24) is 24.6 Å². The van der Waals surface area contributed by atoms with Crippen molar-refractivity contribution in [1.29, 1.82) is 0 Å². The van der Waals surface area contributed by atoms with E-state index < -0.39 is 0 Å². The van der Waals surface area contributed by atoms with Crippen LogP contribution < -0.4 is 4.90 Å². The van der Waals surface area contributed by atoms with Crippen LogP contribution in [0.3, 0.4) is 0 Å². The Morgan fingerprint density at radius 1 is 1.06 bits per heavy atom. The lowest BCUT2D eigenvalue weighted by Crippen LogP contribution is -2.59. The minimum Gasteiger partial charge on any atom is -0.507 e. The van der Waals surface area contributed by atoms with Gasteiger partial charge in [0.25, 0.3) is 0 Å². The molecule has 1 aromatic carbocycles. The molecule has 0 amide bonds. The van der Waals surface area contributed by atoms with Gasteiger partial charge in [-0.25, -0.2) is 4.98 Å². The smallest absolute Gasteiger partial charge is 0.151 e. The van der Waals surface area contributed by atoms with E-state index in [0.717, 1.165) is 24.3 Å². The SMILES string of the molecule is CN(c1ccc(-c2ccc(-n3ccnc3)cc2O)nn1)C1C[C@]2(C)C=C[C@](C)(C1)N2C. The highest BCUT2D eigenvalue weighted by atomic mass is 16.3. The Labute approximate surface area is 182 Å². The summed E-state index contributed by atoms with van der Waals surface area (Å²) in [4.78, 5) is 8.77. The molecule has 0 spiro atoms. The van der Waals surface area contributed by atoms with Gasteiger partial charge >= 0.3 is 0 Å². The van der Waals surface area contributed by atoms with E-state index in [2.05, 4.69) is 65.1 Å². The number of aromatic nitrogens is 4. The molecule has 7 heteroatoms. The van der Waals surface area contributed by atoms with Crippen LogP contribution in [-0.4, -0.2) is 61.0 Å². The van der Waals surface area contributed by atoms with Crippen LogP contribution in [0.25, 0.3) is 16.9 Å². The first-order valence-corrected chi connectivity index (χ1v) is 10.6. The van der Waals surface area contributed by atoms with Crippen molar-refractivity contribution >= 4 is 5.82 Å². The van der Waals surface area contributed by atoms with E-state index in [0.29, 0.717) is 17.3 Å². The third-order valence-corrected chi connectivity index (χ3v) is 7.25. The van der Waals surface area contributed by atoms with Crippen LogP contribution in [0.1, 0.15) is 26.7 Å². The largest absolute Gasteiger partial charge is 0.507 e. The number of rotatable bonds is 4. The molecule has 4 heterocycles. The lowest BCUT2D eigenvalue weighted by atomic mass is 9.81. The van der Waals surface area contributed by atoms with Gasteiger partial charge in [-0.3, -0.25) is 4.90 Å². The first-order chi connectivity index (χ1) is 14.8. The molecule has 1 fully saturated rings. The Kier molecular flexibility index (Phi) is 4.41. The van der Waals surface area contributed by atoms with Gasteiger partial charge in [0.1, 0.15) is 5.75 Å². The maximum atomic E-state index is 10.5. The standard InChI is InChI=1S/C24H28N6O/c1-23-9-10-24(2,29(23)4)15-18(14-23)28(3)22-8-7-20(26-27-22)19-6-5-17(13-21(19)31)30-12-11-25-16-30/h5-13,16,18,31H,14-15H2,1-4H3/t18?,23-,24+. The van der Waals surface area contributed by atoms with Crippen molar-refractivity contribution in [2.24, 2.45) is 0 Å². The molecule has 2 bridgehead atoms. The molecule has 0 radical (unpaired) electrons. The Morgan fingerprint density at radius 2 is 1.81 bits per heavy atom. The zero-order valence-electron chi connectivity index (χ0n) is 18.4. The van der Waals surface area contributed by atoms with Gasteiger partial charge in [0.15, 0.2) is 5.82 Å². The highest BCUT2D eigenvalue weighted by molar-refractivity contribution is 5.69. The summed E-state index contributed by atoms with van der Waals surface area (Å²) < 4.78 is 1.85. The fourth-order valence-corrected chi connectivity index (χ4v) is 5.03. The molecule has 2 aliphatic rings. The quantitative estimate of drug-likeness (QED) is 0.655. The number of piperidine rings is 1. The molecule has 2 aliphatic heterocycles.